The van der Waals surface area contributed by atoms with Crippen LogP contribution in [0.1, 0.15) is 36.2 Å². The zero-order valence-corrected chi connectivity index (χ0v) is 15.7. The highest BCUT2D eigenvalue weighted by atomic mass is 19.3. The Morgan fingerprint density at radius 2 is 1.64 bits per heavy atom. The van der Waals surface area contributed by atoms with E-state index >= 15 is 0 Å². The molecule has 150 valence electrons. The number of aryl methyl sites for hydroxylation is 1. The highest BCUT2D eigenvalue weighted by Crippen LogP contribution is 2.16. The summed E-state index contributed by atoms with van der Waals surface area (Å²) >= 11 is 0. The van der Waals surface area contributed by atoms with Crippen LogP contribution < -0.4 is 10.1 Å². The smallest absolute Gasteiger partial charge is 0.387 e. The standard InChI is InChI=1S/C21H23F2NO4/c1-14(8-9-16-6-4-3-5-7-16)24-19(25)15(2)27-20(26)17-10-12-18(13-11-17)28-21(22)23/h3-7,10-15,21H,8-9H2,1-2H3,(H,24,25)/t14-,15+/m1/s1. The Bertz CT molecular complexity index is 766. The molecule has 1 N–H and O–H groups in total. The fourth-order valence-corrected chi connectivity index (χ4v) is 2.51. The van der Waals surface area contributed by atoms with Gasteiger partial charge in [-0.1, -0.05) is 30.3 Å². The topological polar surface area (TPSA) is 64.6 Å². The summed E-state index contributed by atoms with van der Waals surface area (Å²) < 4.78 is 33.6. The van der Waals surface area contributed by atoms with Gasteiger partial charge in [-0.2, -0.15) is 8.78 Å². The quantitative estimate of drug-likeness (QED) is 0.657. The third-order valence-corrected chi connectivity index (χ3v) is 4.07. The molecule has 0 fully saturated rings. The molecule has 0 aliphatic heterocycles. The van der Waals surface area contributed by atoms with Gasteiger partial charge >= 0.3 is 12.6 Å². The first-order valence-electron chi connectivity index (χ1n) is 8.95. The van der Waals surface area contributed by atoms with Crippen molar-refractivity contribution in [3.8, 4) is 5.75 Å². The van der Waals surface area contributed by atoms with Crippen LogP contribution in [0.5, 0.6) is 5.75 Å². The molecule has 28 heavy (non-hydrogen) atoms. The van der Waals surface area contributed by atoms with Crippen molar-refractivity contribution in [1.82, 2.24) is 5.32 Å². The second kappa shape index (κ2) is 10.4. The van der Waals surface area contributed by atoms with Gasteiger partial charge in [-0.05, 0) is 56.5 Å². The summed E-state index contributed by atoms with van der Waals surface area (Å²) in [5, 5.41) is 2.82. The Morgan fingerprint density at radius 1 is 1.00 bits per heavy atom. The third kappa shape index (κ3) is 6.98. The molecular weight excluding hydrogens is 368 g/mol. The van der Waals surface area contributed by atoms with Gasteiger partial charge in [0.15, 0.2) is 6.10 Å². The summed E-state index contributed by atoms with van der Waals surface area (Å²) in [5.41, 5.74) is 1.32. The first kappa shape index (κ1) is 21.3. The van der Waals surface area contributed by atoms with Crippen molar-refractivity contribution in [2.75, 3.05) is 0 Å². The van der Waals surface area contributed by atoms with E-state index in [0.717, 1.165) is 12.8 Å². The van der Waals surface area contributed by atoms with Gasteiger partial charge in [-0.15, -0.1) is 0 Å². The predicted octanol–water partition coefficient (Wildman–Crippen LogP) is 3.97. The van der Waals surface area contributed by atoms with Crippen molar-refractivity contribution < 1.29 is 27.8 Å². The van der Waals surface area contributed by atoms with Crippen LogP contribution in [0, 0.1) is 0 Å². The number of benzene rings is 2. The number of carbonyl (C=O) groups is 2. The van der Waals surface area contributed by atoms with E-state index in [-0.39, 0.29) is 17.4 Å². The van der Waals surface area contributed by atoms with E-state index in [0.29, 0.717) is 0 Å². The molecule has 2 rings (SSSR count). The number of alkyl halides is 2. The highest BCUT2D eigenvalue weighted by molar-refractivity contribution is 5.92. The first-order valence-corrected chi connectivity index (χ1v) is 8.95. The largest absolute Gasteiger partial charge is 0.449 e. The van der Waals surface area contributed by atoms with E-state index < -0.39 is 24.6 Å². The predicted molar refractivity (Wildman–Crippen MR) is 100 cm³/mol. The van der Waals surface area contributed by atoms with E-state index in [2.05, 4.69) is 10.1 Å². The average Bonchev–Trinajstić information content (AvgIpc) is 2.67. The molecule has 0 aliphatic carbocycles. The van der Waals surface area contributed by atoms with E-state index in [9.17, 15) is 18.4 Å². The number of nitrogens with one attached hydrogen (secondary N) is 1. The minimum absolute atomic E-state index is 0.0652. The molecule has 0 saturated heterocycles. The lowest BCUT2D eigenvalue weighted by molar-refractivity contribution is -0.129. The number of esters is 1. The minimum Gasteiger partial charge on any atom is -0.449 e. The molecule has 1 amide bonds. The van der Waals surface area contributed by atoms with Crippen LogP contribution in [-0.2, 0) is 16.0 Å². The molecule has 5 nitrogen and oxygen atoms in total. The number of halogens is 2. The molecular formula is C21H23F2NO4. The van der Waals surface area contributed by atoms with Crippen LogP contribution in [0.25, 0.3) is 0 Å². The van der Waals surface area contributed by atoms with Gasteiger partial charge < -0.3 is 14.8 Å². The van der Waals surface area contributed by atoms with Crippen LogP contribution >= 0.6 is 0 Å². The molecule has 0 radical (unpaired) electrons. The van der Waals surface area contributed by atoms with Crippen molar-refractivity contribution in [3.63, 3.8) is 0 Å². The van der Waals surface area contributed by atoms with Crippen LogP contribution in [0.3, 0.4) is 0 Å². The summed E-state index contributed by atoms with van der Waals surface area (Å²) in [7, 11) is 0. The third-order valence-electron chi connectivity index (χ3n) is 4.07. The van der Waals surface area contributed by atoms with E-state index in [1.807, 2.05) is 37.3 Å². The molecule has 0 spiro atoms. The molecule has 2 aromatic rings. The maximum atomic E-state index is 12.2. The fraction of sp³-hybridized carbons (Fsp3) is 0.333. The zero-order valence-electron chi connectivity index (χ0n) is 15.7. The fourth-order valence-electron chi connectivity index (χ4n) is 2.51. The number of hydrogen-bond acceptors (Lipinski definition) is 4. The number of ether oxygens (including phenoxy) is 2. The number of rotatable bonds is 9. The Balaban J connectivity index is 1.79. The van der Waals surface area contributed by atoms with E-state index in [4.69, 9.17) is 4.74 Å². The maximum Gasteiger partial charge on any atom is 0.387 e. The Morgan fingerprint density at radius 3 is 2.25 bits per heavy atom. The molecule has 2 atom stereocenters. The Labute approximate surface area is 162 Å². The maximum absolute atomic E-state index is 12.2. The number of carbonyl (C=O) groups excluding carboxylic acids is 2. The molecule has 2 aromatic carbocycles. The summed E-state index contributed by atoms with van der Waals surface area (Å²) in [5.74, 6) is -1.18. The molecule has 0 aliphatic rings. The van der Waals surface area contributed by atoms with Gasteiger partial charge in [-0.3, -0.25) is 4.79 Å². The Kier molecular flexibility index (Phi) is 7.92. The highest BCUT2D eigenvalue weighted by Gasteiger charge is 2.20. The zero-order chi connectivity index (χ0) is 20.5. The lowest BCUT2D eigenvalue weighted by atomic mass is 10.1. The molecule has 0 unspecified atom stereocenters. The van der Waals surface area contributed by atoms with E-state index in [1.54, 1.807) is 0 Å². The molecule has 0 heterocycles. The molecule has 0 bridgehead atoms. The van der Waals surface area contributed by atoms with Crippen LogP contribution in [0.15, 0.2) is 54.6 Å². The van der Waals surface area contributed by atoms with Crippen LogP contribution in [0.2, 0.25) is 0 Å². The van der Waals surface area contributed by atoms with Crippen molar-refractivity contribution in [2.45, 2.75) is 45.4 Å². The summed E-state index contributed by atoms with van der Waals surface area (Å²) in [6.45, 7) is 0.424. The molecule has 0 saturated carbocycles. The number of hydrogen-bond donors (Lipinski definition) is 1. The molecule has 0 aromatic heterocycles. The van der Waals surface area contributed by atoms with Crippen molar-refractivity contribution >= 4 is 11.9 Å². The van der Waals surface area contributed by atoms with E-state index in [1.165, 1.54) is 36.8 Å². The van der Waals surface area contributed by atoms with Crippen LogP contribution in [0.4, 0.5) is 8.78 Å². The summed E-state index contributed by atoms with van der Waals surface area (Å²) in [6, 6.07) is 14.9. The second-order valence-corrected chi connectivity index (χ2v) is 6.38. The monoisotopic (exact) mass is 391 g/mol. The van der Waals surface area contributed by atoms with Gasteiger partial charge in [0.1, 0.15) is 5.75 Å². The molecule has 7 heteroatoms. The lowest BCUT2D eigenvalue weighted by Gasteiger charge is -2.18. The van der Waals surface area contributed by atoms with Gasteiger partial charge in [0.2, 0.25) is 0 Å². The summed E-state index contributed by atoms with van der Waals surface area (Å²) in [6.07, 6.45) is 0.592. The summed E-state index contributed by atoms with van der Waals surface area (Å²) in [4.78, 5) is 24.3. The Hall–Kier alpha value is -2.96. The van der Waals surface area contributed by atoms with Gasteiger partial charge in [0.05, 0.1) is 5.56 Å². The van der Waals surface area contributed by atoms with Crippen molar-refractivity contribution in [1.29, 1.82) is 0 Å². The van der Waals surface area contributed by atoms with Crippen molar-refractivity contribution in [3.05, 3.63) is 65.7 Å². The van der Waals surface area contributed by atoms with Gasteiger partial charge in [-0.25, -0.2) is 4.79 Å². The lowest BCUT2D eigenvalue weighted by Crippen LogP contribution is -2.41. The minimum atomic E-state index is -2.94. The average molecular weight is 391 g/mol. The first-order chi connectivity index (χ1) is 13.3. The van der Waals surface area contributed by atoms with Crippen LogP contribution in [-0.4, -0.2) is 30.6 Å². The van der Waals surface area contributed by atoms with Crippen molar-refractivity contribution in [2.24, 2.45) is 0 Å². The SMILES string of the molecule is C[C@H](CCc1ccccc1)NC(=O)[C@H](C)OC(=O)c1ccc(OC(F)F)cc1. The number of amides is 1. The normalized spacial score (nSPS) is 12.9. The second-order valence-electron chi connectivity index (χ2n) is 6.38. The van der Waals surface area contributed by atoms with Gasteiger partial charge in [0, 0.05) is 6.04 Å². The van der Waals surface area contributed by atoms with Gasteiger partial charge in [0.25, 0.3) is 5.91 Å².